The molecule has 0 heterocycles. The van der Waals surface area contributed by atoms with E-state index in [0.717, 1.165) is 30.2 Å². The quantitative estimate of drug-likeness (QED) is 0.504. The molecular weight excluding hydrogens is 412 g/mol. The minimum Gasteiger partial charge on any atom is -0.294 e. The Morgan fingerprint density at radius 3 is 1.96 bits per heavy atom. The van der Waals surface area contributed by atoms with Crippen LogP contribution >= 0.6 is 15.9 Å². The molecule has 0 radical (unpaired) electrons. The third kappa shape index (κ3) is 6.55. The molecule has 0 spiro atoms. The van der Waals surface area contributed by atoms with E-state index in [1.807, 2.05) is 6.07 Å². The van der Waals surface area contributed by atoms with Crippen molar-refractivity contribution in [3.63, 3.8) is 0 Å². The second kappa shape index (κ2) is 9.75. The van der Waals surface area contributed by atoms with E-state index in [2.05, 4.69) is 22.0 Å². The molecule has 2 aliphatic carbocycles. The molecule has 0 bridgehead atoms. The Hall–Kier alpha value is -2.06. The lowest BCUT2D eigenvalue weighted by molar-refractivity contribution is 0.0966. The minimum atomic E-state index is -0.286. The van der Waals surface area contributed by atoms with Crippen molar-refractivity contribution in [3.8, 4) is 6.07 Å². The van der Waals surface area contributed by atoms with E-state index in [1.54, 1.807) is 32.0 Å². The lowest BCUT2D eigenvalue weighted by Crippen LogP contribution is -2.04. The van der Waals surface area contributed by atoms with Gasteiger partial charge in [0.25, 0.3) is 0 Å². The van der Waals surface area contributed by atoms with Gasteiger partial charge in [-0.05, 0) is 68.9 Å². The first-order valence-electron chi connectivity index (χ1n) is 8.94. The molecule has 0 aromatic heterocycles. The molecule has 2 saturated carbocycles. The number of ketones is 1. The number of nitrogens with zero attached hydrogens (tertiary/aromatic N) is 1. The molecule has 0 amide bonds. The second-order valence-corrected chi connectivity index (χ2v) is 7.66. The SMILES string of the molecule is Cc1c(F)cccc1Br.Cc1c(F)cccc1C(=O)C1CC1.N#CC1CC1. The van der Waals surface area contributed by atoms with Crippen LogP contribution in [0.2, 0.25) is 0 Å². The van der Waals surface area contributed by atoms with Crippen molar-refractivity contribution in [3.05, 3.63) is 69.2 Å². The van der Waals surface area contributed by atoms with Gasteiger partial charge in [-0.25, -0.2) is 8.78 Å². The average Bonchev–Trinajstić information content (AvgIpc) is 3.55. The van der Waals surface area contributed by atoms with Crippen molar-refractivity contribution in [1.82, 2.24) is 0 Å². The molecule has 2 fully saturated rings. The summed E-state index contributed by atoms with van der Waals surface area (Å²) in [5, 5.41) is 7.96. The van der Waals surface area contributed by atoms with E-state index in [-0.39, 0.29) is 23.3 Å². The van der Waals surface area contributed by atoms with Crippen LogP contribution in [-0.4, -0.2) is 5.78 Å². The highest BCUT2D eigenvalue weighted by molar-refractivity contribution is 9.10. The third-order valence-electron chi connectivity index (χ3n) is 4.44. The van der Waals surface area contributed by atoms with Crippen LogP contribution in [0.4, 0.5) is 8.78 Å². The number of halogens is 3. The summed E-state index contributed by atoms with van der Waals surface area (Å²) in [5.41, 5.74) is 1.71. The van der Waals surface area contributed by atoms with Gasteiger partial charge in [-0.15, -0.1) is 0 Å². The Labute approximate surface area is 167 Å². The number of benzene rings is 2. The summed E-state index contributed by atoms with van der Waals surface area (Å²) in [6.07, 6.45) is 4.23. The first-order chi connectivity index (χ1) is 12.8. The summed E-state index contributed by atoms with van der Waals surface area (Å²) in [6, 6.07) is 11.8. The van der Waals surface area contributed by atoms with Crippen LogP contribution in [0, 0.1) is 48.6 Å². The van der Waals surface area contributed by atoms with E-state index >= 15 is 0 Å². The molecule has 0 atom stereocenters. The van der Waals surface area contributed by atoms with E-state index < -0.39 is 0 Å². The van der Waals surface area contributed by atoms with Gasteiger partial charge in [-0.2, -0.15) is 5.26 Å². The van der Waals surface area contributed by atoms with Crippen molar-refractivity contribution < 1.29 is 13.6 Å². The highest BCUT2D eigenvalue weighted by atomic mass is 79.9. The molecular formula is C22H22BrF2NO. The zero-order chi connectivity index (χ0) is 20.0. The van der Waals surface area contributed by atoms with Gasteiger partial charge in [0, 0.05) is 21.9 Å². The Bertz CT molecular complexity index is 832. The average molecular weight is 434 g/mol. The van der Waals surface area contributed by atoms with Gasteiger partial charge in [0.15, 0.2) is 5.78 Å². The fraction of sp³-hybridized carbons (Fsp3) is 0.364. The summed E-state index contributed by atoms with van der Waals surface area (Å²) < 4.78 is 26.4. The lowest BCUT2D eigenvalue weighted by Gasteiger charge is -2.03. The summed E-state index contributed by atoms with van der Waals surface area (Å²) in [7, 11) is 0. The van der Waals surface area contributed by atoms with Crippen LogP contribution in [0.5, 0.6) is 0 Å². The number of carbonyl (C=O) groups excluding carboxylic acids is 1. The van der Waals surface area contributed by atoms with Crippen molar-refractivity contribution in [2.24, 2.45) is 11.8 Å². The van der Waals surface area contributed by atoms with E-state index in [1.165, 1.54) is 12.1 Å². The summed E-state index contributed by atoms with van der Waals surface area (Å²) in [6.45, 7) is 3.39. The zero-order valence-electron chi connectivity index (χ0n) is 15.4. The lowest BCUT2D eigenvalue weighted by atomic mass is 10.0. The highest BCUT2D eigenvalue weighted by Crippen LogP contribution is 2.33. The topological polar surface area (TPSA) is 40.9 Å². The number of nitriles is 1. The maximum absolute atomic E-state index is 13.1. The Balaban J connectivity index is 0.000000161. The molecule has 2 aromatic rings. The summed E-state index contributed by atoms with van der Waals surface area (Å²) in [5.74, 6) is 0.267. The normalized spacial score (nSPS) is 14.8. The fourth-order valence-electron chi connectivity index (χ4n) is 2.23. The molecule has 5 heteroatoms. The van der Waals surface area contributed by atoms with E-state index in [0.29, 0.717) is 22.6 Å². The Morgan fingerprint density at radius 2 is 1.56 bits per heavy atom. The van der Waals surface area contributed by atoms with Gasteiger partial charge in [-0.1, -0.05) is 34.1 Å². The van der Waals surface area contributed by atoms with Crippen LogP contribution in [0.25, 0.3) is 0 Å². The zero-order valence-corrected chi connectivity index (χ0v) is 17.0. The molecule has 4 rings (SSSR count). The molecule has 0 unspecified atom stereocenters. The smallest absolute Gasteiger partial charge is 0.166 e. The standard InChI is InChI=1S/C11H11FO.C7H6BrF.C4H5N/c1-7-9(3-2-4-10(7)12)11(13)8-5-6-8;1-5-6(8)3-2-4-7(5)9;5-3-4-1-2-4/h2-4,8H,5-6H2,1H3;2-4H,1H3;4H,1-2H2. The number of hydrogen-bond donors (Lipinski definition) is 0. The number of rotatable bonds is 2. The molecule has 27 heavy (non-hydrogen) atoms. The van der Waals surface area contributed by atoms with Gasteiger partial charge < -0.3 is 0 Å². The number of carbonyl (C=O) groups is 1. The van der Waals surface area contributed by atoms with Gasteiger partial charge in [-0.3, -0.25) is 4.79 Å². The minimum absolute atomic E-state index is 0.108. The van der Waals surface area contributed by atoms with Crippen molar-refractivity contribution in [2.75, 3.05) is 0 Å². The Morgan fingerprint density at radius 1 is 1.00 bits per heavy atom. The van der Waals surface area contributed by atoms with Crippen LogP contribution in [0.15, 0.2) is 40.9 Å². The van der Waals surface area contributed by atoms with E-state index in [4.69, 9.17) is 5.26 Å². The van der Waals surface area contributed by atoms with Gasteiger partial charge in [0.1, 0.15) is 11.6 Å². The fourth-order valence-corrected chi connectivity index (χ4v) is 2.58. The van der Waals surface area contributed by atoms with Crippen LogP contribution in [0.1, 0.15) is 47.2 Å². The maximum Gasteiger partial charge on any atom is 0.166 e. The van der Waals surface area contributed by atoms with E-state index in [9.17, 15) is 13.6 Å². The summed E-state index contributed by atoms with van der Waals surface area (Å²) in [4.78, 5) is 11.6. The maximum atomic E-state index is 13.1. The highest BCUT2D eigenvalue weighted by Gasteiger charge is 2.31. The van der Waals surface area contributed by atoms with Crippen molar-refractivity contribution in [1.29, 1.82) is 5.26 Å². The molecule has 2 aromatic carbocycles. The predicted octanol–water partition coefficient (Wildman–Crippen LogP) is 6.54. The van der Waals surface area contributed by atoms with Gasteiger partial charge in [0.2, 0.25) is 0 Å². The molecule has 0 N–H and O–H groups in total. The Kier molecular flexibility index (Phi) is 7.67. The molecule has 142 valence electrons. The molecule has 0 saturated heterocycles. The van der Waals surface area contributed by atoms with Crippen molar-refractivity contribution >= 4 is 21.7 Å². The monoisotopic (exact) mass is 433 g/mol. The number of hydrogen-bond acceptors (Lipinski definition) is 2. The van der Waals surface area contributed by atoms with Gasteiger partial charge >= 0.3 is 0 Å². The first-order valence-corrected chi connectivity index (χ1v) is 9.74. The van der Waals surface area contributed by atoms with Gasteiger partial charge in [0.05, 0.1) is 6.07 Å². The van der Waals surface area contributed by atoms with Crippen LogP contribution < -0.4 is 0 Å². The molecule has 2 aliphatic rings. The second-order valence-electron chi connectivity index (χ2n) is 6.80. The summed E-state index contributed by atoms with van der Waals surface area (Å²) >= 11 is 3.21. The first kappa shape index (κ1) is 21.2. The largest absolute Gasteiger partial charge is 0.294 e. The molecule has 2 nitrogen and oxygen atoms in total. The number of Topliss-reactive ketones (excluding diaryl/α,β-unsaturated/α-hetero) is 1. The van der Waals surface area contributed by atoms with Crippen LogP contribution in [0.3, 0.4) is 0 Å². The van der Waals surface area contributed by atoms with Crippen molar-refractivity contribution in [2.45, 2.75) is 39.5 Å². The predicted molar refractivity (Wildman–Crippen MR) is 105 cm³/mol. The molecule has 0 aliphatic heterocycles. The third-order valence-corrected chi connectivity index (χ3v) is 5.30. The van der Waals surface area contributed by atoms with Crippen LogP contribution in [-0.2, 0) is 0 Å².